The fourth-order valence-electron chi connectivity index (χ4n) is 1.20. The number of ether oxygens (including phenoxy) is 1. The van der Waals surface area contributed by atoms with Gasteiger partial charge in [-0.05, 0) is 20.3 Å². The third-order valence-electron chi connectivity index (χ3n) is 2.10. The Balaban J connectivity index is 2.44. The van der Waals surface area contributed by atoms with Crippen LogP contribution in [0.5, 0.6) is 0 Å². The lowest BCUT2D eigenvalue weighted by molar-refractivity contribution is -0.140. The van der Waals surface area contributed by atoms with Gasteiger partial charge in [-0.25, -0.2) is 0 Å². The zero-order chi connectivity index (χ0) is 11.5. The van der Waals surface area contributed by atoms with E-state index in [0.717, 1.165) is 6.42 Å². The summed E-state index contributed by atoms with van der Waals surface area (Å²) in [5, 5.41) is 0. The Morgan fingerprint density at radius 2 is 1.87 bits per heavy atom. The smallest absolute Gasteiger partial charge is 0.342 e. The van der Waals surface area contributed by atoms with Crippen molar-refractivity contribution in [3.05, 3.63) is 0 Å². The lowest BCUT2D eigenvalue weighted by atomic mass is 10.3. The van der Waals surface area contributed by atoms with Gasteiger partial charge in [0.05, 0.1) is 18.8 Å². The number of esters is 1. The van der Waals surface area contributed by atoms with Gasteiger partial charge >= 0.3 is 13.6 Å². The minimum Gasteiger partial charge on any atom is -0.465 e. The molecular weight excluding hydrogens is 219 g/mol. The molecule has 15 heavy (non-hydrogen) atoms. The maximum absolute atomic E-state index is 11.9. The van der Waals surface area contributed by atoms with Crippen LogP contribution < -0.4 is 0 Å². The highest BCUT2D eigenvalue weighted by Crippen LogP contribution is 2.56. The van der Waals surface area contributed by atoms with Crippen molar-refractivity contribution in [1.29, 1.82) is 0 Å². The van der Waals surface area contributed by atoms with E-state index in [2.05, 4.69) is 0 Å². The fourth-order valence-corrected chi connectivity index (χ4v) is 3.16. The van der Waals surface area contributed by atoms with Crippen molar-refractivity contribution in [3.8, 4) is 0 Å². The standard InChI is InChI=1S/C9H17O5P/c1-4-5-12-9(10)6-15(11)13-7(2)8(3)14-15/h7-8H,4-6H2,1-3H3. The summed E-state index contributed by atoms with van der Waals surface area (Å²) >= 11 is 0. The van der Waals surface area contributed by atoms with Crippen LogP contribution in [-0.2, 0) is 23.1 Å². The van der Waals surface area contributed by atoms with Gasteiger partial charge < -0.3 is 13.8 Å². The molecule has 1 saturated heterocycles. The summed E-state index contributed by atoms with van der Waals surface area (Å²) in [5.74, 6) is -0.526. The largest absolute Gasteiger partial charge is 0.465 e. The molecule has 1 heterocycles. The Kier molecular flexibility index (Phi) is 4.32. The molecule has 0 amide bonds. The van der Waals surface area contributed by atoms with Gasteiger partial charge in [0.1, 0.15) is 6.16 Å². The van der Waals surface area contributed by atoms with Gasteiger partial charge in [0, 0.05) is 0 Å². The highest BCUT2D eigenvalue weighted by Gasteiger charge is 2.41. The molecule has 0 aliphatic carbocycles. The highest BCUT2D eigenvalue weighted by molar-refractivity contribution is 7.55. The molecule has 1 rings (SSSR count). The van der Waals surface area contributed by atoms with Crippen LogP contribution in [-0.4, -0.2) is 30.9 Å². The molecule has 2 atom stereocenters. The average Bonchev–Trinajstić information content (AvgIpc) is 2.37. The van der Waals surface area contributed by atoms with Gasteiger partial charge in [0.25, 0.3) is 0 Å². The SMILES string of the molecule is CCCOC(=O)CP1(=O)OC(C)C(C)O1. The molecule has 2 unspecified atom stereocenters. The van der Waals surface area contributed by atoms with Crippen molar-refractivity contribution >= 4 is 13.6 Å². The third kappa shape index (κ3) is 3.59. The van der Waals surface area contributed by atoms with E-state index >= 15 is 0 Å². The molecule has 1 aliphatic heterocycles. The topological polar surface area (TPSA) is 61.8 Å². The molecule has 0 aromatic rings. The Bertz CT molecular complexity index is 264. The van der Waals surface area contributed by atoms with Crippen LogP contribution in [0.4, 0.5) is 0 Å². The zero-order valence-corrected chi connectivity index (χ0v) is 10.2. The molecule has 0 aromatic carbocycles. The minimum absolute atomic E-state index is 0.241. The van der Waals surface area contributed by atoms with E-state index < -0.39 is 13.6 Å². The predicted molar refractivity (Wildman–Crippen MR) is 54.8 cm³/mol. The average molecular weight is 236 g/mol. The third-order valence-corrected chi connectivity index (χ3v) is 4.06. The molecule has 1 fully saturated rings. The molecule has 0 saturated carbocycles. The van der Waals surface area contributed by atoms with Crippen LogP contribution in [0.15, 0.2) is 0 Å². The summed E-state index contributed by atoms with van der Waals surface area (Å²) in [4.78, 5) is 11.2. The number of hydrogen-bond acceptors (Lipinski definition) is 5. The highest BCUT2D eigenvalue weighted by atomic mass is 31.2. The Morgan fingerprint density at radius 3 is 2.33 bits per heavy atom. The first-order valence-corrected chi connectivity index (χ1v) is 6.81. The van der Waals surface area contributed by atoms with Crippen LogP contribution in [0.25, 0.3) is 0 Å². The van der Waals surface area contributed by atoms with Crippen LogP contribution >= 0.6 is 7.60 Å². The number of carbonyl (C=O) groups excluding carboxylic acids is 1. The molecule has 0 radical (unpaired) electrons. The molecule has 0 aromatic heterocycles. The van der Waals surface area contributed by atoms with Crippen molar-refractivity contribution in [2.75, 3.05) is 12.8 Å². The first kappa shape index (κ1) is 12.7. The van der Waals surface area contributed by atoms with Crippen LogP contribution in [0, 0.1) is 0 Å². The molecule has 1 aliphatic rings. The molecule has 0 spiro atoms. The van der Waals surface area contributed by atoms with E-state index in [-0.39, 0.29) is 18.4 Å². The van der Waals surface area contributed by atoms with Crippen molar-refractivity contribution in [1.82, 2.24) is 0 Å². The molecule has 5 nitrogen and oxygen atoms in total. The lowest BCUT2D eigenvalue weighted by Gasteiger charge is -2.09. The van der Waals surface area contributed by atoms with Crippen LogP contribution in [0.1, 0.15) is 27.2 Å². The maximum Gasteiger partial charge on any atom is 0.342 e. The summed E-state index contributed by atoms with van der Waals surface area (Å²) in [6, 6.07) is 0. The van der Waals surface area contributed by atoms with Gasteiger partial charge in [-0.2, -0.15) is 0 Å². The molecular formula is C9H17O5P. The number of carbonyl (C=O) groups is 1. The summed E-state index contributed by atoms with van der Waals surface area (Å²) in [6.45, 7) is 5.76. The Labute approximate surface area is 89.6 Å². The molecule has 0 N–H and O–H groups in total. The van der Waals surface area contributed by atoms with Crippen molar-refractivity contribution in [3.63, 3.8) is 0 Å². The second-order valence-electron chi connectivity index (χ2n) is 3.61. The Morgan fingerprint density at radius 1 is 1.33 bits per heavy atom. The minimum atomic E-state index is -3.25. The molecule has 0 bridgehead atoms. The summed E-state index contributed by atoms with van der Waals surface area (Å²) in [6.07, 6.45) is -0.0312. The molecule has 6 heteroatoms. The van der Waals surface area contributed by atoms with E-state index in [1.54, 1.807) is 13.8 Å². The normalized spacial score (nSPS) is 35.4. The van der Waals surface area contributed by atoms with Crippen LogP contribution in [0.2, 0.25) is 0 Å². The number of hydrogen-bond donors (Lipinski definition) is 0. The number of rotatable bonds is 4. The van der Waals surface area contributed by atoms with Crippen molar-refractivity contribution in [2.24, 2.45) is 0 Å². The van der Waals surface area contributed by atoms with E-state index in [4.69, 9.17) is 13.8 Å². The van der Waals surface area contributed by atoms with E-state index in [9.17, 15) is 9.36 Å². The van der Waals surface area contributed by atoms with Gasteiger partial charge in [-0.15, -0.1) is 0 Å². The Hall–Kier alpha value is -0.380. The summed E-state index contributed by atoms with van der Waals surface area (Å²) < 4.78 is 27.0. The van der Waals surface area contributed by atoms with Crippen molar-refractivity contribution in [2.45, 2.75) is 39.4 Å². The first-order valence-electron chi connectivity index (χ1n) is 5.08. The van der Waals surface area contributed by atoms with Crippen molar-refractivity contribution < 1.29 is 23.1 Å². The second-order valence-corrected chi connectivity index (χ2v) is 5.57. The second kappa shape index (κ2) is 5.10. The molecule has 88 valence electrons. The van der Waals surface area contributed by atoms with Gasteiger partial charge in [0.15, 0.2) is 0 Å². The van der Waals surface area contributed by atoms with Crippen LogP contribution in [0.3, 0.4) is 0 Å². The monoisotopic (exact) mass is 236 g/mol. The van der Waals surface area contributed by atoms with Gasteiger partial charge in [0.2, 0.25) is 0 Å². The van der Waals surface area contributed by atoms with E-state index in [0.29, 0.717) is 6.61 Å². The predicted octanol–water partition coefficient (Wildman–Crippen LogP) is 1.96. The summed E-state index contributed by atoms with van der Waals surface area (Å²) in [7, 11) is -3.25. The van der Waals surface area contributed by atoms with Gasteiger partial charge in [-0.1, -0.05) is 6.92 Å². The van der Waals surface area contributed by atoms with Gasteiger partial charge in [-0.3, -0.25) is 9.36 Å². The summed E-state index contributed by atoms with van der Waals surface area (Å²) in [5.41, 5.74) is 0. The zero-order valence-electron chi connectivity index (χ0n) is 9.26. The maximum atomic E-state index is 11.9. The fraction of sp³-hybridized carbons (Fsp3) is 0.889. The lowest BCUT2D eigenvalue weighted by Crippen LogP contribution is -2.13. The first-order chi connectivity index (χ1) is 6.97. The van der Waals surface area contributed by atoms with E-state index in [1.807, 2.05) is 6.92 Å². The quantitative estimate of drug-likeness (QED) is 0.551. The van der Waals surface area contributed by atoms with E-state index in [1.165, 1.54) is 0 Å².